The number of amides is 2. The topological polar surface area (TPSA) is 85.8 Å². The fourth-order valence-corrected chi connectivity index (χ4v) is 3.22. The number of para-hydroxylation sites is 2. The van der Waals surface area contributed by atoms with Crippen molar-refractivity contribution in [2.75, 3.05) is 16.3 Å². The molecular formula is C19H22N4O3. The van der Waals surface area contributed by atoms with Crippen LogP contribution in [0, 0.1) is 0 Å². The Balaban J connectivity index is 2.06. The highest BCUT2D eigenvalue weighted by Crippen LogP contribution is 2.40. The number of hydroxylamine groups is 1. The van der Waals surface area contributed by atoms with Crippen LogP contribution in [0.4, 0.5) is 17.2 Å². The summed E-state index contributed by atoms with van der Waals surface area (Å²) in [4.78, 5) is 32.7. The molecule has 0 fully saturated rings. The molecule has 136 valence electrons. The van der Waals surface area contributed by atoms with Gasteiger partial charge in [-0.05, 0) is 44.5 Å². The number of nitrogens with zero attached hydrogens (tertiary/aromatic N) is 3. The molecule has 0 bridgehead atoms. The second-order valence-electron chi connectivity index (χ2n) is 6.42. The van der Waals surface area contributed by atoms with Crippen molar-refractivity contribution in [1.29, 1.82) is 0 Å². The van der Waals surface area contributed by atoms with Crippen LogP contribution in [0.2, 0.25) is 0 Å². The van der Waals surface area contributed by atoms with Gasteiger partial charge in [0, 0.05) is 25.2 Å². The van der Waals surface area contributed by atoms with Gasteiger partial charge in [0.05, 0.1) is 16.9 Å². The summed E-state index contributed by atoms with van der Waals surface area (Å²) in [7, 11) is 0. The second kappa shape index (κ2) is 7.53. The Morgan fingerprint density at radius 3 is 2.62 bits per heavy atom. The third kappa shape index (κ3) is 3.25. The highest BCUT2D eigenvalue weighted by Gasteiger charge is 2.32. The number of carbonyl (C=O) groups is 2. The minimum atomic E-state index is -0.466. The fourth-order valence-electron chi connectivity index (χ4n) is 3.22. The van der Waals surface area contributed by atoms with Crippen LogP contribution in [-0.2, 0) is 4.79 Å². The zero-order valence-corrected chi connectivity index (χ0v) is 14.8. The van der Waals surface area contributed by atoms with E-state index in [0.29, 0.717) is 24.3 Å². The molecule has 3 rings (SSSR count). The van der Waals surface area contributed by atoms with Crippen molar-refractivity contribution in [2.24, 2.45) is 0 Å². The lowest BCUT2D eigenvalue weighted by molar-refractivity contribution is -0.129. The van der Waals surface area contributed by atoms with Gasteiger partial charge in [-0.2, -0.15) is 0 Å². The highest BCUT2D eigenvalue weighted by atomic mass is 16.5. The molecule has 0 atom stereocenters. The first-order valence-corrected chi connectivity index (χ1v) is 8.62. The quantitative estimate of drug-likeness (QED) is 0.637. The van der Waals surface area contributed by atoms with E-state index < -0.39 is 5.91 Å². The Morgan fingerprint density at radius 2 is 1.92 bits per heavy atom. The average molecular weight is 354 g/mol. The average Bonchev–Trinajstić information content (AvgIpc) is 2.75. The van der Waals surface area contributed by atoms with Crippen LogP contribution in [0.1, 0.15) is 37.0 Å². The Bertz CT molecular complexity index is 822. The summed E-state index contributed by atoms with van der Waals surface area (Å²) in [6.45, 7) is 4.48. The minimum absolute atomic E-state index is 0.109. The number of pyridine rings is 1. The minimum Gasteiger partial charge on any atom is -0.321 e. The Morgan fingerprint density at radius 1 is 1.19 bits per heavy atom. The van der Waals surface area contributed by atoms with Crippen LogP contribution in [0.15, 0.2) is 42.6 Å². The molecule has 0 saturated heterocycles. The van der Waals surface area contributed by atoms with Gasteiger partial charge >= 0.3 is 0 Å². The van der Waals surface area contributed by atoms with Gasteiger partial charge in [-0.1, -0.05) is 12.1 Å². The molecule has 26 heavy (non-hydrogen) atoms. The summed E-state index contributed by atoms with van der Waals surface area (Å²) in [5, 5.41) is 8.66. The van der Waals surface area contributed by atoms with E-state index in [2.05, 4.69) is 23.7 Å². The first kappa shape index (κ1) is 17.9. The fraction of sp³-hybridized carbons (Fsp3) is 0.316. The number of aromatic nitrogens is 1. The highest BCUT2D eigenvalue weighted by molar-refractivity contribution is 6.13. The Labute approximate surface area is 152 Å². The van der Waals surface area contributed by atoms with Gasteiger partial charge in [0.1, 0.15) is 5.82 Å². The van der Waals surface area contributed by atoms with Crippen LogP contribution >= 0.6 is 0 Å². The van der Waals surface area contributed by atoms with E-state index in [1.54, 1.807) is 28.7 Å². The van der Waals surface area contributed by atoms with E-state index in [-0.39, 0.29) is 18.4 Å². The van der Waals surface area contributed by atoms with Crippen molar-refractivity contribution in [1.82, 2.24) is 10.5 Å². The Hall–Kier alpha value is -2.93. The third-order valence-corrected chi connectivity index (χ3v) is 4.35. The summed E-state index contributed by atoms with van der Waals surface area (Å²) in [6, 6.07) is 11.3. The molecule has 2 aromatic rings. The van der Waals surface area contributed by atoms with Crippen molar-refractivity contribution in [3.8, 4) is 0 Å². The summed E-state index contributed by atoms with van der Waals surface area (Å²) in [5.74, 6) is 0.0232. The molecule has 0 saturated carbocycles. The van der Waals surface area contributed by atoms with E-state index in [9.17, 15) is 9.59 Å². The third-order valence-electron chi connectivity index (χ3n) is 4.35. The number of anilines is 3. The molecule has 1 aromatic heterocycles. The van der Waals surface area contributed by atoms with Crippen molar-refractivity contribution in [3.63, 3.8) is 0 Å². The van der Waals surface area contributed by atoms with Gasteiger partial charge in [0.15, 0.2) is 0 Å². The number of hydrogen-bond acceptors (Lipinski definition) is 5. The molecule has 1 aliphatic rings. The van der Waals surface area contributed by atoms with E-state index in [1.165, 1.54) is 0 Å². The normalized spacial score (nSPS) is 13.3. The SMILES string of the molecule is CC(C)N1c2ccccc2N(CCCC(=O)NO)C(=O)c2cccnc21. The molecule has 0 aliphatic carbocycles. The van der Waals surface area contributed by atoms with Gasteiger partial charge in [0.2, 0.25) is 5.91 Å². The van der Waals surface area contributed by atoms with Gasteiger partial charge in [0.25, 0.3) is 5.91 Å². The number of hydrogen-bond donors (Lipinski definition) is 2. The predicted molar refractivity (Wildman–Crippen MR) is 98.8 cm³/mol. The van der Waals surface area contributed by atoms with Crippen molar-refractivity contribution in [2.45, 2.75) is 32.7 Å². The van der Waals surface area contributed by atoms with Crippen molar-refractivity contribution < 1.29 is 14.8 Å². The number of nitrogens with one attached hydrogen (secondary N) is 1. The van der Waals surface area contributed by atoms with Crippen LogP contribution in [0.25, 0.3) is 0 Å². The molecule has 7 heteroatoms. The van der Waals surface area contributed by atoms with Crippen molar-refractivity contribution >= 4 is 29.0 Å². The molecule has 1 aliphatic heterocycles. The zero-order valence-electron chi connectivity index (χ0n) is 14.8. The van der Waals surface area contributed by atoms with Crippen LogP contribution in [0.3, 0.4) is 0 Å². The zero-order chi connectivity index (χ0) is 18.7. The number of fused-ring (bicyclic) bond motifs is 2. The molecule has 0 unspecified atom stereocenters. The van der Waals surface area contributed by atoms with Gasteiger partial charge < -0.3 is 9.80 Å². The lowest BCUT2D eigenvalue weighted by Crippen LogP contribution is -2.32. The molecule has 0 radical (unpaired) electrons. The Kier molecular flexibility index (Phi) is 5.18. The molecule has 2 N–H and O–H groups in total. The largest absolute Gasteiger partial charge is 0.321 e. The first-order valence-electron chi connectivity index (χ1n) is 8.62. The van der Waals surface area contributed by atoms with E-state index >= 15 is 0 Å². The number of benzene rings is 1. The monoisotopic (exact) mass is 354 g/mol. The van der Waals surface area contributed by atoms with E-state index in [0.717, 1.165) is 11.4 Å². The number of rotatable bonds is 5. The summed E-state index contributed by atoms with van der Waals surface area (Å²) < 4.78 is 0. The summed E-state index contributed by atoms with van der Waals surface area (Å²) in [5.41, 5.74) is 3.84. The van der Waals surface area contributed by atoms with Crippen LogP contribution in [-0.4, -0.2) is 34.6 Å². The molecule has 7 nitrogen and oxygen atoms in total. The molecule has 1 aromatic carbocycles. The molecule has 2 heterocycles. The predicted octanol–water partition coefficient (Wildman–Crippen LogP) is 2.87. The maximum Gasteiger partial charge on any atom is 0.262 e. The summed E-state index contributed by atoms with van der Waals surface area (Å²) in [6.07, 6.45) is 2.26. The molecule has 0 spiro atoms. The maximum absolute atomic E-state index is 13.2. The van der Waals surface area contributed by atoms with Crippen LogP contribution < -0.4 is 15.3 Å². The first-order chi connectivity index (χ1) is 12.5. The number of carbonyl (C=O) groups excluding carboxylic acids is 2. The summed E-state index contributed by atoms with van der Waals surface area (Å²) >= 11 is 0. The molecular weight excluding hydrogens is 332 g/mol. The van der Waals surface area contributed by atoms with Gasteiger partial charge in [-0.3, -0.25) is 14.8 Å². The molecule has 2 amide bonds. The smallest absolute Gasteiger partial charge is 0.262 e. The maximum atomic E-state index is 13.2. The van der Waals surface area contributed by atoms with E-state index in [1.807, 2.05) is 24.3 Å². The van der Waals surface area contributed by atoms with Gasteiger partial charge in [-0.25, -0.2) is 10.5 Å². The standard InChI is InChI=1S/C19H22N4O3/c1-13(2)23-16-9-4-3-8-15(16)22(12-6-10-17(24)21-26)19(25)14-7-5-11-20-18(14)23/h3-5,7-9,11,13,26H,6,10,12H2,1-2H3,(H,21,24). The van der Waals surface area contributed by atoms with Gasteiger partial charge in [-0.15, -0.1) is 0 Å². The second-order valence-corrected chi connectivity index (χ2v) is 6.42. The van der Waals surface area contributed by atoms with Crippen LogP contribution in [0.5, 0.6) is 0 Å². The van der Waals surface area contributed by atoms with E-state index in [4.69, 9.17) is 5.21 Å². The lowest BCUT2D eigenvalue weighted by Gasteiger charge is -2.29. The van der Waals surface area contributed by atoms with Crippen molar-refractivity contribution in [3.05, 3.63) is 48.2 Å². The lowest BCUT2D eigenvalue weighted by atomic mass is 10.2.